The molecule has 0 unspecified atom stereocenters. The smallest absolute Gasteiger partial charge is 0.306 e. The highest BCUT2D eigenvalue weighted by Gasteiger charge is 2.34. The monoisotopic (exact) mass is 309 g/mol. The Balaban J connectivity index is 1.75. The van der Waals surface area contributed by atoms with Crippen LogP contribution >= 0.6 is 0 Å². The van der Waals surface area contributed by atoms with E-state index in [9.17, 15) is 14.0 Å². The van der Waals surface area contributed by atoms with Crippen LogP contribution in [0.25, 0.3) is 0 Å². The molecule has 0 heterocycles. The molecule has 1 aromatic rings. The maximum atomic E-state index is 12.8. The molecule has 1 aliphatic carbocycles. The summed E-state index contributed by atoms with van der Waals surface area (Å²) < 4.78 is 18.2. The number of halogens is 1. The Labute approximate surface area is 128 Å². The van der Waals surface area contributed by atoms with E-state index in [4.69, 9.17) is 9.84 Å². The maximum Gasteiger partial charge on any atom is 0.306 e. The first-order chi connectivity index (χ1) is 10.5. The van der Waals surface area contributed by atoms with Gasteiger partial charge in [0, 0.05) is 13.0 Å². The number of carbonyl (C=O) groups excluding carboxylic acids is 1. The molecular formula is C16H20FNO4. The van der Waals surface area contributed by atoms with Crippen LogP contribution < -0.4 is 4.74 Å². The molecule has 120 valence electrons. The zero-order chi connectivity index (χ0) is 16.1. The first-order valence-electron chi connectivity index (χ1n) is 7.33. The van der Waals surface area contributed by atoms with Crippen molar-refractivity contribution >= 4 is 11.9 Å². The van der Waals surface area contributed by atoms with E-state index in [1.54, 1.807) is 11.9 Å². The number of carboxylic acids is 1. The summed E-state index contributed by atoms with van der Waals surface area (Å²) in [6.07, 6.45) is 1.60. The van der Waals surface area contributed by atoms with Crippen molar-refractivity contribution in [3.05, 3.63) is 30.1 Å². The fraction of sp³-hybridized carbons (Fsp3) is 0.500. The van der Waals surface area contributed by atoms with Gasteiger partial charge in [0.15, 0.2) is 0 Å². The van der Waals surface area contributed by atoms with Gasteiger partial charge >= 0.3 is 5.97 Å². The van der Waals surface area contributed by atoms with Crippen molar-refractivity contribution < 1.29 is 23.8 Å². The molecule has 0 saturated heterocycles. The average Bonchev–Trinajstić information content (AvgIpc) is 2.98. The van der Waals surface area contributed by atoms with Gasteiger partial charge in [-0.1, -0.05) is 0 Å². The largest absolute Gasteiger partial charge is 0.492 e. The predicted octanol–water partition coefficient (Wildman–Crippen LogP) is 2.16. The summed E-state index contributed by atoms with van der Waals surface area (Å²) >= 11 is 0. The lowest BCUT2D eigenvalue weighted by atomic mass is 10.0. The topological polar surface area (TPSA) is 66.8 Å². The quantitative estimate of drug-likeness (QED) is 0.874. The Morgan fingerprint density at radius 1 is 1.27 bits per heavy atom. The van der Waals surface area contributed by atoms with Crippen molar-refractivity contribution in [1.82, 2.24) is 4.90 Å². The number of nitrogens with zero attached hydrogens (tertiary/aromatic N) is 1. The molecule has 1 saturated carbocycles. The third kappa shape index (κ3) is 4.19. The van der Waals surface area contributed by atoms with Gasteiger partial charge in [0.05, 0.1) is 12.5 Å². The Kier molecular flexibility index (Phi) is 5.35. The van der Waals surface area contributed by atoms with E-state index in [0.29, 0.717) is 38.2 Å². The van der Waals surface area contributed by atoms with Gasteiger partial charge in [0.25, 0.3) is 0 Å². The number of amides is 1. The Hall–Kier alpha value is -2.11. The highest BCUT2D eigenvalue weighted by atomic mass is 19.1. The molecule has 0 aromatic heterocycles. The number of likely N-dealkylation sites (N-methyl/N-ethyl adjacent to an activating group) is 1. The molecule has 22 heavy (non-hydrogen) atoms. The molecule has 1 N–H and O–H groups in total. The number of ether oxygens (including phenoxy) is 1. The second-order valence-electron chi connectivity index (χ2n) is 5.61. The van der Waals surface area contributed by atoms with E-state index in [1.807, 2.05) is 0 Å². The Morgan fingerprint density at radius 2 is 1.91 bits per heavy atom. The van der Waals surface area contributed by atoms with E-state index in [1.165, 1.54) is 24.3 Å². The zero-order valence-corrected chi connectivity index (χ0v) is 12.5. The van der Waals surface area contributed by atoms with Crippen LogP contribution in [0.3, 0.4) is 0 Å². The van der Waals surface area contributed by atoms with E-state index in [-0.39, 0.29) is 17.6 Å². The van der Waals surface area contributed by atoms with Crippen LogP contribution in [0.1, 0.15) is 19.3 Å². The number of benzene rings is 1. The minimum Gasteiger partial charge on any atom is -0.492 e. The minimum absolute atomic E-state index is 0.0357. The standard InChI is InChI=1S/C16H20FNO4/c1-18(8-9-22-14-6-4-13(17)5-7-14)15(19)11-2-3-12(10-11)16(20)21/h4-7,11-12H,2-3,8-10H2,1H3,(H,20,21)/t11-,12+/m1/s1. The van der Waals surface area contributed by atoms with Crippen LogP contribution in [-0.2, 0) is 9.59 Å². The predicted molar refractivity (Wildman–Crippen MR) is 78.0 cm³/mol. The molecule has 2 atom stereocenters. The zero-order valence-electron chi connectivity index (χ0n) is 12.5. The van der Waals surface area contributed by atoms with Gasteiger partial charge in [-0.15, -0.1) is 0 Å². The summed E-state index contributed by atoms with van der Waals surface area (Å²) in [6.45, 7) is 0.716. The molecule has 0 bridgehead atoms. The fourth-order valence-electron chi connectivity index (χ4n) is 2.68. The third-order valence-electron chi connectivity index (χ3n) is 4.02. The van der Waals surface area contributed by atoms with Crippen LogP contribution in [0.5, 0.6) is 5.75 Å². The summed E-state index contributed by atoms with van der Waals surface area (Å²) in [6, 6.07) is 5.70. The first-order valence-corrected chi connectivity index (χ1v) is 7.33. The summed E-state index contributed by atoms with van der Waals surface area (Å²) in [5.41, 5.74) is 0. The number of hydrogen-bond acceptors (Lipinski definition) is 3. The molecule has 1 fully saturated rings. The SMILES string of the molecule is CN(CCOc1ccc(F)cc1)C(=O)[C@@H]1CC[C@H](C(=O)O)C1. The lowest BCUT2D eigenvalue weighted by Gasteiger charge is -2.21. The second-order valence-corrected chi connectivity index (χ2v) is 5.61. The Bertz CT molecular complexity index is 531. The van der Waals surface area contributed by atoms with Crippen molar-refractivity contribution in [2.75, 3.05) is 20.2 Å². The molecule has 5 nitrogen and oxygen atoms in total. The minimum atomic E-state index is -0.822. The van der Waals surface area contributed by atoms with Crippen LogP contribution in [0, 0.1) is 17.7 Å². The fourth-order valence-corrected chi connectivity index (χ4v) is 2.68. The number of carboxylic acid groups (broad SMARTS) is 1. The third-order valence-corrected chi connectivity index (χ3v) is 4.02. The molecule has 0 spiro atoms. The lowest BCUT2D eigenvalue weighted by Crippen LogP contribution is -2.35. The summed E-state index contributed by atoms with van der Waals surface area (Å²) in [5.74, 6) is -1.25. The average molecular weight is 309 g/mol. The van der Waals surface area contributed by atoms with Crippen molar-refractivity contribution in [2.24, 2.45) is 11.8 Å². The van der Waals surface area contributed by atoms with Crippen LogP contribution in [0.2, 0.25) is 0 Å². The summed E-state index contributed by atoms with van der Waals surface area (Å²) in [4.78, 5) is 24.7. The summed E-state index contributed by atoms with van der Waals surface area (Å²) in [5, 5.41) is 8.97. The van der Waals surface area contributed by atoms with Gasteiger partial charge in [0.1, 0.15) is 18.2 Å². The van der Waals surface area contributed by atoms with E-state index >= 15 is 0 Å². The van der Waals surface area contributed by atoms with Gasteiger partial charge in [-0.2, -0.15) is 0 Å². The summed E-state index contributed by atoms with van der Waals surface area (Å²) in [7, 11) is 1.68. The van der Waals surface area contributed by atoms with Crippen molar-refractivity contribution in [3.63, 3.8) is 0 Å². The second kappa shape index (κ2) is 7.24. The number of rotatable bonds is 6. The van der Waals surface area contributed by atoms with Gasteiger partial charge in [-0.3, -0.25) is 9.59 Å². The molecule has 0 aliphatic heterocycles. The number of hydrogen-bond donors (Lipinski definition) is 1. The van der Waals surface area contributed by atoms with E-state index in [2.05, 4.69) is 0 Å². The van der Waals surface area contributed by atoms with E-state index < -0.39 is 11.9 Å². The van der Waals surface area contributed by atoms with Crippen LogP contribution in [-0.4, -0.2) is 42.1 Å². The van der Waals surface area contributed by atoms with Crippen molar-refractivity contribution in [2.45, 2.75) is 19.3 Å². The molecule has 2 rings (SSSR count). The number of aliphatic carboxylic acids is 1. The van der Waals surface area contributed by atoms with Gasteiger partial charge < -0.3 is 14.7 Å². The van der Waals surface area contributed by atoms with Crippen LogP contribution in [0.15, 0.2) is 24.3 Å². The van der Waals surface area contributed by atoms with Crippen molar-refractivity contribution in [3.8, 4) is 5.75 Å². The Morgan fingerprint density at radius 3 is 2.50 bits per heavy atom. The molecular weight excluding hydrogens is 289 g/mol. The number of carbonyl (C=O) groups is 2. The molecule has 1 amide bonds. The molecule has 6 heteroatoms. The van der Waals surface area contributed by atoms with Gasteiger partial charge in [-0.25, -0.2) is 4.39 Å². The van der Waals surface area contributed by atoms with Crippen molar-refractivity contribution in [1.29, 1.82) is 0 Å². The van der Waals surface area contributed by atoms with E-state index in [0.717, 1.165) is 0 Å². The maximum absolute atomic E-state index is 12.8. The van der Waals surface area contributed by atoms with Gasteiger partial charge in [0.2, 0.25) is 5.91 Å². The lowest BCUT2D eigenvalue weighted by molar-refractivity contribution is -0.141. The van der Waals surface area contributed by atoms with Crippen LogP contribution in [0.4, 0.5) is 4.39 Å². The highest BCUT2D eigenvalue weighted by Crippen LogP contribution is 2.32. The van der Waals surface area contributed by atoms with Gasteiger partial charge in [-0.05, 0) is 43.5 Å². The molecule has 1 aliphatic rings. The highest BCUT2D eigenvalue weighted by molar-refractivity contribution is 5.80. The molecule has 1 aromatic carbocycles. The molecule has 0 radical (unpaired) electrons. The normalized spacial score (nSPS) is 20.6. The first kappa shape index (κ1) is 16.3.